The van der Waals surface area contributed by atoms with Gasteiger partial charge in [-0.25, -0.2) is 0 Å². The minimum Gasteiger partial charge on any atom is -0.337 e. The quantitative estimate of drug-likeness (QED) is 0.931. The number of carbonyl (C=O) groups excluding carboxylic acids is 1. The van der Waals surface area contributed by atoms with Crippen LogP contribution in [0.25, 0.3) is 0 Å². The van der Waals surface area contributed by atoms with Crippen LogP contribution in [0.3, 0.4) is 0 Å². The monoisotopic (exact) mass is 316 g/mol. The number of hydrogen-bond donors (Lipinski definition) is 1. The Morgan fingerprint density at radius 1 is 1.45 bits per heavy atom. The number of halogens is 2. The van der Waals surface area contributed by atoms with Crippen molar-refractivity contribution in [3.05, 3.63) is 34.3 Å². The Morgan fingerprint density at radius 2 is 2.15 bits per heavy atom. The van der Waals surface area contributed by atoms with Crippen molar-refractivity contribution in [3.8, 4) is 0 Å². The molecule has 1 aliphatic heterocycles. The summed E-state index contributed by atoms with van der Waals surface area (Å²) in [4.78, 5) is 14.2. The van der Waals surface area contributed by atoms with E-state index >= 15 is 0 Å². The standard InChI is InChI=1S/C15H21ClN2O.ClH/c1-3-10(2)14(17)15(19)18-7-6-11-4-5-13(16)8-12(11)9-18;/h4-5,8,10,14H,3,6-7,9,17H2,1-2H3;1H/t10-,14-;/m0./s1. The van der Waals surface area contributed by atoms with Gasteiger partial charge in [-0.1, -0.05) is 37.9 Å². The van der Waals surface area contributed by atoms with Crippen LogP contribution in [-0.4, -0.2) is 23.4 Å². The van der Waals surface area contributed by atoms with Crippen LogP contribution in [-0.2, 0) is 17.8 Å². The van der Waals surface area contributed by atoms with Crippen molar-refractivity contribution in [1.82, 2.24) is 4.90 Å². The third kappa shape index (κ3) is 3.66. The average Bonchev–Trinajstić information content (AvgIpc) is 2.43. The van der Waals surface area contributed by atoms with Gasteiger partial charge in [0.15, 0.2) is 0 Å². The minimum atomic E-state index is -0.397. The second kappa shape index (κ2) is 7.30. The van der Waals surface area contributed by atoms with Gasteiger partial charge in [-0.2, -0.15) is 0 Å². The van der Waals surface area contributed by atoms with Gasteiger partial charge in [0.25, 0.3) is 0 Å². The summed E-state index contributed by atoms with van der Waals surface area (Å²) in [6.07, 6.45) is 1.80. The van der Waals surface area contributed by atoms with E-state index in [2.05, 4.69) is 6.92 Å². The largest absolute Gasteiger partial charge is 0.337 e. The summed E-state index contributed by atoms with van der Waals surface area (Å²) in [7, 11) is 0. The Labute approximate surface area is 131 Å². The molecule has 1 heterocycles. The number of nitrogens with two attached hydrogens (primary N) is 1. The molecule has 0 aliphatic carbocycles. The highest BCUT2D eigenvalue weighted by molar-refractivity contribution is 6.30. The van der Waals surface area contributed by atoms with Crippen LogP contribution < -0.4 is 5.73 Å². The van der Waals surface area contributed by atoms with Crippen molar-refractivity contribution in [2.45, 2.75) is 39.3 Å². The first-order valence-electron chi connectivity index (χ1n) is 6.84. The molecule has 2 N–H and O–H groups in total. The van der Waals surface area contributed by atoms with E-state index in [-0.39, 0.29) is 24.2 Å². The number of hydrogen-bond acceptors (Lipinski definition) is 2. The number of amides is 1. The third-order valence-electron chi connectivity index (χ3n) is 4.03. The third-order valence-corrected chi connectivity index (χ3v) is 4.27. The highest BCUT2D eigenvalue weighted by Gasteiger charge is 2.27. The fourth-order valence-corrected chi connectivity index (χ4v) is 2.62. The summed E-state index contributed by atoms with van der Waals surface area (Å²) in [5.74, 6) is 0.272. The summed E-state index contributed by atoms with van der Waals surface area (Å²) in [6.45, 7) is 5.46. The molecule has 0 bridgehead atoms. The van der Waals surface area contributed by atoms with Crippen LogP contribution in [0, 0.1) is 5.92 Å². The first-order chi connectivity index (χ1) is 9.02. The second-order valence-electron chi connectivity index (χ2n) is 5.33. The lowest BCUT2D eigenvalue weighted by Gasteiger charge is -2.32. The fourth-order valence-electron chi connectivity index (χ4n) is 2.42. The first-order valence-corrected chi connectivity index (χ1v) is 7.22. The summed E-state index contributed by atoms with van der Waals surface area (Å²) in [6, 6.07) is 5.51. The van der Waals surface area contributed by atoms with E-state index < -0.39 is 6.04 Å². The number of benzene rings is 1. The fraction of sp³-hybridized carbons (Fsp3) is 0.533. The van der Waals surface area contributed by atoms with Crippen LogP contribution in [0.1, 0.15) is 31.4 Å². The van der Waals surface area contributed by atoms with Crippen LogP contribution >= 0.6 is 24.0 Å². The van der Waals surface area contributed by atoms with E-state index in [1.807, 2.05) is 30.0 Å². The zero-order valence-corrected chi connectivity index (χ0v) is 13.5. The van der Waals surface area contributed by atoms with Crippen LogP contribution in [0.15, 0.2) is 18.2 Å². The van der Waals surface area contributed by atoms with Crippen LogP contribution in [0.4, 0.5) is 0 Å². The highest BCUT2D eigenvalue weighted by atomic mass is 35.5. The van der Waals surface area contributed by atoms with Crippen molar-refractivity contribution < 1.29 is 4.79 Å². The van der Waals surface area contributed by atoms with Gasteiger partial charge in [0.05, 0.1) is 6.04 Å². The Kier molecular flexibility index (Phi) is 6.31. The summed E-state index contributed by atoms with van der Waals surface area (Å²) >= 11 is 6.01. The number of fused-ring (bicyclic) bond motifs is 1. The van der Waals surface area contributed by atoms with E-state index in [1.165, 1.54) is 5.56 Å². The maximum Gasteiger partial charge on any atom is 0.240 e. The van der Waals surface area contributed by atoms with Gasteiger partial charge in [0.2, 0.25) is 5.91 Å². The van der Waals surface area contributed by atoms with E-state index in [0.717, 1.165) is 30.0 Å². The van der Waals surface area contributed by atoms with Gasteiger partial charge in [-0.3, -0.25) is 4.79 Å². The van der Waals surface area contributed by atoms with Gasteiger partial charge in [0, 0.05) is 18.1 Å². The van der Waals surface area contributed by atoms with Crippen molar-refractivity contribution in [2.75, 3.05) is 6.54 Å². The molecule has 0 unspecified atom stereocenters. The van der Waals surface area contributed by atoms with E-state index in [0.29, 0.717) is 6.54 Å². The average molecular weight is 317 g/mol. The molecule has 20 heavy (non-hydrogen) atoms. The predicted octanol–water partition coefficient (Wildman–Crippen LogP) is 3.02. The molecule has 2 atom stereocenters. The molecule has 0 fully saturated rings. The molecule has 0 aromatic heterocycles. The Balaban J connectivity index is 0.00000200. The Bertz CT molecular complexity index is 479. The molecule has 0 radical (unpaired) electrons. The molecule has 2 rings (SSSR count). The molecule has 3 nitrogen and oxygen atoms in total. The zero-order chi connectivity index (χ0) is 14.0. The van der Waals surface area contributed by atoms with Gasteiger partial charge >= 0.3 is 0 Å². The molecular weight excluding hydrogens is 295 g/mol. The van der Waals surface area contributed by atoms with Crippen molar-refractivity contribution in [1.29, 1.82) is 0 Å². The van der Waals surface area contributed by atoms with Crippen molar-refractivity contribution >= 4 is 29.9 Å². The summed E-state index contributed by atoms with van der Waals surface area (Å²) in [5, 5.41) is 0.722. The molecule has 1 amide bonds. The molecular formula is C15H22Cl2N2O. The zero-order valence-electron chi connectivity index (χ0n) is 11.9. The van der Waals surface area contributed by atoms with Gasteiger partial charge < -0.3 is 10.6 Å². The minimum absolute atomic E-state index is 0. The van der Waals surface area contributed by atoms with Gasteiger partial charge in [-0.15, -0.1) is 12.4 Å². The smallest absolute Gasteiger partial charge is 0.240 e. The lowest BCUT2D eigenvalue weighted by Crippen LogP contribution is -2.48. The van der Waals surface area contributed by atoms with Crippen molar-refractivity contribution in [3.63, 3.8) is 0 Å². The molecule has 0 saturated carbocycles. The summed E-state index contributed by atoms with van der Waals surface area (Å²) in [5.41, 5.74) is 8.46. The second-order valence-corrected chi connectivity index (χ2v) is 5.77. The summed E-state index contributed by atoms with van der Waals surface area (Å²) < 4.78 is 0. The Morgan fingerprint density at radius 3 is 2.80 bits per heavy atom. The first kappa shape index (κ1) is 17.3. The van der Waals surface area contributed by atoms with Crippen molar-refractivity contribution in [2.24, 2.45) is 11.7 Å². The lowest BCUT2D eigenvalue weighted by atomic mass is 9.96. The van der Waals surface area contributed by atoms with E-state index in [4.69, 9.17) is 17.3 Å². The number of rotatable bonds is 3. The van der Waals surface area contributed by atoms with E-state index in [9.17, 15) is 4.79 Å². The highest BCUT2D eigenvalue weighted by Crippen LogP contribution is 2.23. The normalized spacial score (nSPS) is 16.9. The molecule has 1 aromatic rings. The topological polar surface area (TPSA) is 46.3 Å². The molecule has 1 aliphatic rings. The van der Waals surface area contributed by atoms with Gasteiger partial charge in [-0.05, 0) is 35.6 Å². The lowest BCUT2D eigenvalue weighted by molar-refractivity contribution is -0.134. The molecule has 0 saturated heterocycles. The maximum absolute atomic E-state index is 12.4. The Hall–Kier alpha value is -0.770. The number of carbonyl (C=O) groups is 1. The molecule has 5 heteroatoms. The molecule has 112 valence electrons. The predicted molar refractivity (Wildman–Crippen MR) is 85.3 cm³/mol. The van der Waals surface area contributed by atoms with E-state index in [1.54, 1.807) is 0 Å². The molecule has 1 aromatic carbocycles. The maximum atomic E-state index is 12.4. The van der Waals surface area contributed by atoms with Crippen LogP contribution in [0.2, 0.25) is 5.02 Å². The van der Waals surface area contributed by atoms with Crippen LogP contribution in [0.5, 0.6) is 0 Å². The number of nitrogens with zero attached hydrogens (tertiary/aromatic N) is 1. The SMILES string of the molecule is CC[C@H](C)[C@H](N)C(=O)N1CCc2ccc(Cl)cc2C1.Cl. The molecule has 0 spiro atoms. The van der Waals surface area contributed by atoms with Gasteiger partial charge in [0.1, 0.15) is 0 Å².